The third kappa shape index (κ3) is 2.69. The molecule has 3 nitrogen and oxygen atoms in total. The smallest absolute Gasteiger partial charge is 0.124 e. The van der Waals surface area contributed by atoms with E-state index in [1.807, 2.05) is 37.3 Å². The van der Waals surface area contributed by atoms with Crippen LogP contribution in [0.3, 0.4) is 0 Å². The SMILES string of the molecule is Cc1cc(-c2ccccc2)c2ccc3c(-c4ccccc4)cc(N)nc3c2n1. The maximum absolute atomic E-state index is 6.20. The van der Waals surface area contributed by atoms with Crippen LogP contribution in [0.2, 0.25) is 0 Å². The third-order valence-corrected chi connectivity index (χ3v) is 5.08. The molecule has 28 heavy (non-hydrogen) atoms. The molecule has 3 aromatic carbocycles. The second kappa shape index (κ2) is 6.46. The van der Waals surface area contributed by atoms with Gasteiger partial charge in [0.1, 0.15) is 5.82 Å². The van der Waals surface area contributed by atoms with E-state index in [1.165, 1.54) is 5.56 Å². The largest absolute Gasteiger partial charge is 0.384 e. The Bertz CT molecular complexity index is 1210. The monoisotopic (exact) mass is 361 g/mol. The number of aromatic nitrogens is 2. The molecule has 5 rings (SSSR count). The van der Waals surface area contributed by atoms with Crippen LogP contribution < -0.4 is 5.73 Å². The molecule has 0 spiro atoms. The molecule has 0 fully saturated rings. The maximum atomic E-state index is 6.20. The Morgan fingerprint density at radius 1 is 0.607 bits per heavy atom. The summed E-state index contributed by atoms with van der Waals surface area (Å²) in [6.45, 7) is 2.02. The molecular formula is C25H19N3. The van der Waals surface area contributed by atoms with E-state index >= 15 is 0 Å². The Labute approximate surface area is 163 Å². The van der Waals surface area contributed by atoms with E-state index in [4.69, 9.17) is 10.7 Å². The zero-order chi connectivity index (χ0) is 19.1. The first-order valence-corrected chi connectivity index (χ1v) is 9.32. The van der Waals surface area contributed by atoms with Crippen LogP contribution in [-0.4, -0.2) is 9.97 Å². The van der Waals surface area contributed by atoms with Crippen LogP contribution in [0.1, 0.15) is 5.69 Å². The van der Waals surface area contributed by atoms with Crippen LogP contribution in [0.15, 0.2) is 84.9 Å². The number of anilines is 1. The van der Waals surface area contributed by atoms with Crippen molar-refractivity contribution < 1.29 is 0 Å². The zero-order valence-electron chi connectivity index (χ0n) is 15.6. The first-order valence-electron chi connectivity index (χ1n) is 9.32. The first-order chi connectivity index (χ1) is 13.7. The summed E-state index contributed by atoms with van der Waals surface area (Å²) in [4.78, 5) is 9.53. The molecule has 0 aliphatic heterocycles. The summed E-state index contributed by atoms with van der Waals surface area (Å²) in [5, 5.41) is 2.14. The highest BCUT2D eigenvalue weighted by Gasteiger charge is 2.14. The van der Waals surface area contributed by atoms with E-state index in [0.717, 1.165) is 44.2 Å². The fourth-order valence-corrected chi connectivity index (χ4v) is 3.84. The maximum Gasteiger partial charge on any atom is 0.124 e. The van der Waals surface area contributed by atoms with Crippen molar-refractivity contribution in [3.8, 4) is 22.3 Å². The minimum absolute atomic E-state index is 0.503. The molecule has 0 aliphatic carbocycles. The molecule has 0 saturated heterocycles. The molecule has 0 amide bonds. The standard InChI is InChI=1S/C25H19N3/c1-16-14-21(17-8-4-2-5-9-17)19-12-13-20-22(18-10-6-3-7-11-18)15-23(26)28-25(20)24(19)27-16/h2-15H,1H3,(H2,26,28). The lowest BCUT2D eigenvalue weighted by molar-refractivity contribution is 1.25. The number of fused-ring (bicyclic) bond motifs is 3. The van der Waals surface area contributed by atoms with Gasteiger partial charge in [0.2, 0.25) is 0 Å². The third-order valence-electron chi connectivity index (χ3n) is 5.08. The number of benzene rings is 3. The predicted molar refractivity (Wildman–Crippen MR) is 117 cm³/mol. The summed E-state index contributed by atoms with van der Waals surface area (Å²) >= 11 is 0. The average molecular weight is 361 g/mol. The van der Waals surface area contributed by atoms with Crippen molar-refractivity contribution in [1.29, 1.82) is 0 Å². The van der Waals surface area contributed by atoms with Crippen LogP contribution in [0.4, 0.5) is 5.82 Å². The van der Waals surface area contributed by atoms with Gasteiger partial charge in [0.25, 0.3) is 0 Å². The minimum Gasteiger partial charge on any atom is -0.384 e. The van der Waals surface area contributed by atoms with Gasteiger partial charge in [-0.2, -0.15) is 0 Å². The number of hydrogen-bond acceptors (Lipinski definition) is 3. The van der Waals surface area contributed by atoms with Gasteiger partial charge in [-0.05, 0) is 41.3 Å². The van der Waals surface area contributed by atoms with Crippen LogP contribution in [-0.2, 0) is 0 Å². The zero-order valence-corrected chi connectivity index (χ0v) is 15.6. The second-order valence-electron chi connectivity index (χ2n) is 7.00. The van der Waals surface area contributed by atoms with Crippen molar-refractivity contribution in [2.45, 2.75) is 6.92 Å². The molecule has 3 heteroatoms. The molecule has 0 aliphatic rings. The molecule has 2 heterocycles. The van der Waals surface area contributed by atoms with Gasteiger partial charge in [-0.25, -0.2) is 4.98 Å². The highest BCUT2D eigenvalue weighted by atomic mass is 14.8. The number of pyridine rings is 2. The van der Waals surface area contributed by atoms with Crippen molar-refractivity contribution in [1.82, 2.24) is 9.97 Å². The highest BCUT2D eigenvalue weighted by molar-refractivity contribution is 6.12. The van der Waals surface area contributed by atoms with Crippen molar-refractivity contribution in [3.63, 3.8) is 0 Å². The molecule has 0 bridgehead atoms. The Morgan fingerprint density at radius 3 is 1.68 bits per heavy atom. The Balaban J connectivity index is 1.89. The summed E-state index contributed by atoms with van der Waals surface area (Å²) in [5.41, 5.74) is 13.4. The number of nitrogens with zero attached hydrogens (tertiary/aromatic N) is 2. The Kier molecular flexibility index (Phi) is 3.80. The van der Waals surface area contributed by atoms with E-state index in [9.17, 15) is 0 Å². The molecule has 134 valence electrons. The normalized spacial score (nSPS) is 11.2. The van der Waals surface area contributed by atoms with Gasteiger partial charge in [-0.1, -0.05) is 72.8 Å². The van der Waals surface area contributed by atoms with Gasteiger partial charge in [0.15, 0.2) is 0 Å². The van der Waals surface area contributed by atoms with Gasteiger partial charge in [-0.3, -0.25) is 4.98 Å². The lowest BCUT2D eigenvalue weighted by atomic mass is 9.96. The summed E-state index contributed by atoms with van der Waals surface area (Å²) < 4.78 is 0. The number of nitrogen functional groups attached to an aromatic ring is 1. The molecule has 0 atom stereocenters. The van der Waals surface area contributed by atoms with Crippen molar-refractivity contribution in [2.24, 2.45) is 0 Å². The van der Waals surface area contributed by atoms with Crippen LogP contribution >= 0.6 is 0 Å². The summed E-state index contributed by atoms with van der Waals surface area (Å²) in [7, 11) is 0. The topological polar surface area (TPSA) is 51.8 Å². The van der Waals surface area contributed by atoms with Crippen LogP contribution in [0, 0.1) is 6.92 Å². The lowest BCUT2D eigenvalue weighted by Crippen LogP contribution is -1.96. The summed E-state index contributed by atoms with van der Waals surface area (Å²) in [5.74, 6) is 0.503. The molecule has 2 aromatic heterocycles. The van der Waals surface area contributed by atoms with Crippen molar-refractivity contribution in [2.75, 3.05) is 5.73 Å². The summed E-state index contributed by atoms with van der Waals surface area (Å²) in [6, 6.07) is 29.0. The van der Waals surface area contributed by atoms with E-state index < -0.39 is 0 Å². The van der Waals surface area contributed by atoms with Gasteiger partial charge in [-0.15, -0.1) is 0 Å². The van der Waals surface area contributed by atoms with Gasteiger partial charge in [0.05, 0.1) is 11.0 Å². The number of nitrogens with two attached hydrogens (primary N) is 1. The number of rotatable bonds is 2. The fourth-order valence-electron chi connectivity index (χ4n) is 3.84. The van der Waals surface area contributed by atoms with E-state index in [2.05, 4.69) is 59.6 Å². The average Bonchev–Trinajstić information content (AvgIpc) is 2.74. The predicted octanol–water partition coefficient (Wildman–Crippen LogP) is 6.01. The highest BCUT2D eigenvalue weighted by Crippen LogP contribution is 2.36. The van der Waals surface area contributed by atoms with Gasteiger partial charge in [0, 0.05) is 16.5 Å². The number of hydrogen-bond donors (Lipinski definition) is 1. The van der Waals surface area contributed by atoms with Crippen LogP contribution in [0.25, 0.3) is 44.1 Å². The van der Waals surface area contributed by atoms with Gasteiger partial charge < -0.3 is 5.73 Å². The molecule has 2 N–H and O–H groups in total. The molecule has 0 unspecified atom stereocenters. The quantitative estimate of drug-likeness (QED) is 0.392. The van der Waals surface area contributed by atoms with E-state index in [-0.39, 0.29) is 0 Å². The molecule has 5 aromatic rings. The number of aryl methyl sites for hydroxylation is 1. The minimum atomic E-state index is 0.503. The second-order valence-corrected chi connectivity index (χ2v) is 7.00. The first kappa shape index (κ1) is 16.5. The molecular weight excluding hydrogens is 342 g/mol. The summed E-state index contributed by atoms with van der Waals surface area (Å²) in [6.07, 6.45) is 0. The molecule has 0 radical (unpaired) electrons. The van der Waals surface area contributed by atoms with E-state index in [0.29, 0.717) is 5.82 Å². The Morgan fingerprint density at radius 2 is 1.11 bits per heavy atom. The van der Waals surface area contributed by atoms with Crippen molar-refractivity contribution in [3.05, 3.63) is 90.6 Å². The molecule has 0 saturated carbocycles. The van der Waals surface area contributed by atoms with E-state index in [1.54, 1.807) is 0 Å². The fraction of sp³-hybridized carbons (Fsp3) is 0.0400. The Hall–Kier alpha value is -3.72. The van der Waals surface area contributed by atoms with Crippen molar-refractivity contribution >= 4 is 27.6 Å². The van der Waals surface area contributed by atoms with Crippen LogP contribution in [0.5, 0.6) is 0 Å². The lowest BCUT2D eigenvalue weighted by Gasteiger charge is -2.13. The van der Waals surface area contributed by atoms with Gasteiger partial charge >= 0.3 is 0 Å².